The molecule has 1 unspecified atom stereocenters. The van der Waals surface area contributed by atoms with E-state index in [-0.39, 0.29) is 5.91 Å². The molecule has 1 N–H and O–H groups in total. The maximum absolute atomic E-state index is 12.2. The molecule has 0 bridgehead atoms. The second-order valence-electron chi connectivity index (χ2n) is 4.55. The molecule has 0 saturated heterocycles. The van der Waals surface area contributed by atoms with E-state index >= 15 is 0 Å². The van der Waals surface area contributed by atoms with Crippen molar-refractivity contribution in [3.63, 3.8) is 0 Å². The van der Waals surface area contributed by atoms with Crippen LogP contribution in [0.5, 0.6) is 0 Å². The zero-order chi connectivity index (χ0) is 13.7. The van der Waals surface area contributed by atoms with E-state index in [1.54, 1.807) is 31.3 Å². The van der Waals surface area contributed by atoms with E-state index < -0.39 is 6.04 Å². The molecule has 0 aliphatic heterocycles. The van der Waals surface area contributed by atoms with E-state index in [0.717, 1.165) is 5.56 Å². The Bertz CT molecular complexity index is 506. The van der Waals surface area contributed by atoms with Gasteiger partial charge in [-0.1, -0.05) is 30.3 Å². The van der Waals surface area contributed by atoms with Crippen molar-refractivity contribution in [2.75, 3.05) is 14.1 Å². The Morgan fingerprint density at radius 1 is 1.21 bits per heavy atom. The van der Waals surface area contributed by atoms with Crippen LogP contribution in [0, 0.1) is 0 Å². The van der Waals surface area contributed by atoms with Gasteiger partial charge in [-0.25, -0.2) is 0 Å². The molecule has 19 heavy (non-hydrogen) atoms. The lowest BCUT2D eigenvalue weighted by atomic mass is 10.1. The summed E-state index contributed by atoms with van der Waals surface area (Å²) in [6.45, 7) is 0.617. The van der Waals surface area contributed by atoms with Crippen LogP contribution in [0.25, 0.3) is 0 Å². The van der Waals surface area contributed by atoms with Crippen LogP contribution in [-0.4, -0.2) is 24.9 Å². The number of rotatable bonds is 5. The number of furan rings is 1. The normalized spacial score (nSPS) is 12.1. The molecule has 2 aromatic rings. The second kappa shape index (κ2) is 6.20. The Morgan fingerprint density at radius 3 is 2.53 bits per heavy atom. The SMILES string of the molecule is CN(C)C(=O)C(NCc1ccccc1)c1ccco1. The molecule has 100 valence electrons. The average molecular weight is 258 g/mol. The van der Waals surface area contributed by atoms with E-state index in [4.69, 9.17) is 4.42 Å². The number of amides is 1. The smallest absolute Gasteiger partial charge is 0.247 e. The molecule has 0 saturated carbocycles. The van der Waals surface area contributed by atoms with Crippen LogP contribution in [0.3, 0.4) is 0 Å². The van der Waals surface area contributed by atoms with Crippen molar-refractivity contribution in [3.05, 3.63) is 60.1 Å². The van der Waals surface area contributed by atoms with Crippen LogP contribution in [-0.2, 0) is 11.3 Å². The standard InChI is InChI=1S/C15H18N2O2/c1-17(2)15(18)14(13-9-6-10-19-13)16-11-12-7-4-3-5-8-12/h3-10,14,16H,11H2,1-2H3. The predicted molar refractivity (Wildman–Crippen MR) is 73.4 cm³/mol. The molecule has 0 aliphatic rings. The van der Waals surface area contributed by atoms with Crippen molar-refractivity contribution in [1.82, 2.24) is 10.2 Å². The van der Waals surface area contributed by atoms with Gasteiger partial charge in [0.25, 0.3) is 0 Å². The Balaban J connectivity index is 2.09. The highest BCUT2D eigenvalue weighted by atomic mass is 16.3. The van der Waals surface area contributed by atoms with E-state index in [9.17, 15) is 4.79 Å². The van der Waals surface area contributed by atoms with Crippen LogP contribution in [0.2, 0.25) is 0 Å². The number of carbonyl (C=O) groups is 1. The highest BCUT2D eigenvalue weighted by molar-refractivity contribution is 5.82. The number of benzene rings is 1. The molecule has 1 aromatic carbocycles. The lowest BCUT2D eigenvalue weighted by Gasteiger charge is -2.20. The predicted octanol–water partition coefficient (Wildman–Crippen LogP) is 2.20. The van der Waals surface area contributed by atoms with Crippen molar-refractivity contribution < 1.29 is 9.21 Å². The Labute approximate surface area is 113 Å². The molecule has 0 radical (unpaired) electrons. The minimum absolute atomic E-state index is 0.0223. The van der Waals surface area contributed by atoms with E-state index in [2.05, 4.69) is 5.32 Å². The molecule has 0 aliphatic carbocycles. The molecule has 4 heteroatoms. The molecule has 1 aromatic heterocycles. The summed E-state index contributed by atoms with van der Waals surface area (Å²) in [5.74, 6) is 0.612. The first-order chi connectivity index (χ1) is 9.18. The van der Waals surface area contributed by atoms with Crippen LogP contribution in [0.15, 0.2) is 53.1 Å². The van der Waals surface area contributed by atoms with Crippen LogP contribution in [0.1, 0.15) is 17.4 Å². The zero-order valence-electron chi connectivity index (χ0n) is 11.2. The molecular weight excluding hydrogens is 240 g/mol. The van der Waals surface area contributed by atoms with Gasteiger partial charge in [-0.05, 0) is 17.7 Å². The number of hydrogen-bond acceptors (Lipinski definition) is 3. The first-order valence-electron chi connectivity index (χ1n) is 6.20. The summed E-state index contributed by atoms with van der Waals surface area (Å²) in [6, 6.07) is 13.1. The molecule has 0 spiro atoms. The van der Waals surface area contributed by atoms with Gasteiger partial charge in [0.1, 0.15) is 11.8 Å². The van der Waals surface area contributed by atoms with Crippen molar-refractivity contribution in [3.8, 4) is 0 Å². The first kappa shape index (κ1) is 13.4. The monoisotopic (exact) mass is 258 g/mol. The molecule has 1 heterocycles. The fraction of sp³-hybridized carbons (Fsp3) is 0.267. The molecule has 1 atom stereocenters. The van der Waals surface area contributed by atoms with Gasteiger partial charge >= 0.3 is 0 Å². The maximum atomic E-state index is 12.2. The van der Waals surface area contributed by atoms with Crippen LogP contribution in [0.4, 0.5) is 0 Å². The Morgan fingerprint density at radius 2 is 1.95 bits per heavy atom. The second-order valence-corrected chi connectivity index (χ2v) is 4.55. The Kier molecular flexibility index (Phi) is 4.36. The van der Waals surface area contributed by atoms with Gasteiger partial charge in [0.2, 0.25) is 5.91 Å². The summed E-state index contributed by atoms with van der Waals surface area (Å²) in [4.78, 5) is 13.7. The zero-order valence-corrected chi connectivity index (χ0v) is 11.2. The highest BCUT2D eigenvalue weighted by Crippen LogP contribution is 2.16. The largest absolute Gasteiger partial charge is 0.467 e. The quantitative estimate of drug-likeness (QED) is 0.894. The summed E-state index contributed by atoms with van der Waals surface area (Å²) < 4.78 is 5.35. The van der Waals surface area contributed by atoms with E-state index in [1.165, 1.54) is 0 Å². The lowest BCUT2D eigenvalue weighted by Crippen LogP contribution is -2.36. The number of nitrogens with one attached hydrogen (secondary N) is 1. The first-order valence-corrected chi connectivity index (χ1v) is 6.20. The minimum Gasteiger partial charge on any atom is -0.467 e. The molecule has 0 fully saturated rings. The van der Waals surface area contributed by atoms with Crippen molar-refractivity contribution in [1.29, 1.82) is 0 Å². The van der Waals surface area contributed by atoms with Crippen LogP contribution < -0.4 is 5.32 Å². The highest BCUT2D eigenvalue weighted by Gasteiger charge is 2.24. The van der Waals surface area contributed by atoms with Gasteiger partial charge < -0.3 is 9.32 Å². The number of carbonyl (C=O) groups excluding carboxylic acids is 1. The van der Waals surface area contributed by atoms with Crippen molar-refractivity contribution in [2.45, 2.75) is 12.6 Å². The average Bonchev–Trinajstić information content (AvgIpc) is 2.94. The van der Waals surface area contributed by atoms with Gasteiger partial charge in [0, 0.05) is 20.6 Å². The summed E-state index contributed by atoms with van der Waals surface area (Å²) >= 11 is 0. The summed E-state index contributed by atoms with van der Waals surface area (Å²) in [5, 5.41) is 3.23. The van der Waals surface area contributed by atoms with Gasteiger partial charge in [-0.3, -0.25) is 10.1 Å². The number of hydrogen-bond donors (Lipinski definition) is 1. The number of nitrogens with zero attached hydrogens (tertiary/aromatic N) is 1. The number of likely N-dealkylation sites (N-methyl/N-ethyl adjacent to an activating group) is 1. The third-order valence-electron chi connectivity index (χ3n) is 2.87. The van der Waals surface area contributed by atoms with Gasteiger partial charge in [0.05, 0.1) is 6.26 Å². The molecule has 1 amide bonds. The van der Waals surface area contributed by atoms with Gasteiger partial charge in [-0.2, -0.15) is 0 Å². The topological polar surface area (TPSA) is 45.5 Å². The Hall–Kier alpha value is -2.07. The van der Waals surface area contributed by atoms with E-state index in [0.29, 0.717) is 12.3 Å². The van der Waals surface area contributed by atoms with E-state index in [1.807, 2.05) is 36.4 Å². The molecule has 2 rings (SSSR count). The minimum atomic E-state index is -0.454. The summed E-state index contributed by atoms with van der Waals surface area (Å²) in [7, 11) is 3.48. The summed E-state index contributed by atoms with van der Waals surface area (Å²) in [5.41, 5.74) is 1.13. The maximum Gasteiger partial charge on any atom is 0.247 e. The summed E-state index contributed by atoms with van der Waals surface area (Å²) in [6.07, 6.45) is 1.58. The van der Waals surface area contributed by atoms with Crippen molar-refractivity contribution >= 4 is 5.91 Å². The molecular formula is C15H18N2O2. The lowest BCUT2D eigenvalue weighted by molar-refractivity contribution is -0.131. The molecule has 4 nitrogen and oxygen atoms in total. The van der Waals surface area contributed by atoms with Crippen molar-refractivity contribution in [2.24, 2.45) is 0 Å². The van der Waals surface area contributed by atoms with Gasteiger partial charge in [-0.15, -0.1) is 0 Å². The fourth-order valence-electron chi connectivity index (χ4n) is 1.84. The fourth-order valence-corrected chi connectivity index (χ4v) is 1.84. The van der Waals surface area contributed by atoms with Crippen LogP contribution >= 0.6 is 0 Å². The van der Waals surface area contributed by atoms with Gasteiger partial charge in [0.15, 0.2) is 0 Å². The third-order valence-corrected chi connectivity index (χ3v) is 2.87. The third kappa shape index (κ3) is 3.45.